The average Bonchev–Trinajstić information content (AvgIpc) is 3.29. The number of rotatable bonds is 7. The second-order valence-electron chi connectivity index (χ2n) is 7.53. The largest absolute Gasteiger partial charge is 0.489 e. The molecule has 0 saturated carbocycles. The molecule has 6 heteroatoms. The van der Waals surface area contributed by atoms with E-state index in [0.29, 0.717) is 17.9 Å². The summed E-state index contributed by atoms with van der Waals surface area (Å²) in [4.78, 5) is 12.7. The van der Waals surface area contributed by atoms with Gasteiger partial charge in [0.15, 0.2) is 0 Å². The van der Waals surface area contributed by atoms with Gasteiger partial charge < -0.3 is 10.1 Å². The predicted octanol–water partition coefficient (Wildman–Crippen LogP) is 5.22. The molecular weight excluding hydrogens is 388 g/mol. The van der Waals surface area contributed by atoms with Crippen molar-refractivity contribution in [3.05, 3.63) is 102 Å². The van der Waals surface area contributed by atoms with Gasteiger partial charge in [-0.15, -0.1) is 5.10 Å². The first-order valence-corrected chi connectivity index (χ1v) is 10.2. The van der Waals surface area contributed by atoms with Crippen LogP contribution in [-0.2, 0) is 6.61 Å². The number of ether oxygens (including phenoxy) is 1. The maximum atomic E-state index is 12.7. The highest BCUT2D eigenvalue weighted by Crippen LogP contribution is 2.21. The zero-order chi connectivity index (χ0) is 21.6. The molecule has 0 spiro atoms. The van der Waals surface area contributed by atoms with E-state index in [1.165, 1.54) is 0 Å². The Bertz CT molecular complexity index is 1150. The number of hydrogen-bond acceptors (Lipinski definition) is 4. The second-order valence-corrected chi connectivity index (χ2v) is 7.53. The Hall–Kier alpha value is -3.93. The van der Waals surface area contributed by atoms with E-state index in [4.69, 9.17) is 4.74 Å². The van der Waals surface area contributed by atoms with Crippen LogP contribution in [0.25, 0.3) is 5.69 Å². The van der Waals surface area contributed by atoms with E-state index < -0.39 is 0 Å². The van der Waals surface area contributed by atoms with E-state index in [1.807, 2.05) is 54.6 Å². The summed E-state index contributed by atoms with van der Waals surface area (Å²) in [6.07, 6.45) is 1.76. The lowest BCUT2D eigenvalue weighted by atomic mass is 10.1. The average molecular weight is 412 g/mol. The van der Waals surface area contributed by atoms with Crippen molar-refractivity contribution in [2.75, 3.05) is 5.32 Å². The monoisotopic (exact) mass is 412 g/mol. The van der Waals surface area contributed by atoms with Crippen LogP contribution in [0.2, 0.25) is 0 Å². The van der Waals surface area contributed by atoms with Gasteiger partial charge >= 0.3 is 0 Å². The van der Waals surface area contributed by atoms with Gasteiger partial charge in [0.1, 0.15) is 12.4 Å². The van der Waals surface area contributed by atoms with Crippen molar-refractivity contribution in [2.45, 2.75) is 26.4 Å². The minimum atomic E-state index is -0.186. The number of nitrogens with zero attached hydrogens (tertiary/aromatic N) is 3. The number of carbonyl (C=O) groups is 1. The molecule has 0 aliphatic heterocycles. The van der Waals surface area contributed by atoms with Gasteiger partial charge in [-0.2, -0.15) is 0 Å². The van der Waals surface area contributed by atoms with Crippen LogP contribution >= 0.6 is 0 Å². The van der Waals surface area contributed by atoms with E-state index in [2.05, 4.69) is 29.5 Å². The van der Waals surface area contributed by atoms with E-state index in [-0.39, 0.29) is 11.8 Å². The number of hydrogen-bond donors (Lipinski definition) is 1. The lowest BCUT2D eigenvalue weighted by molar-refractivity contribution is 0.102. The summed E-state index contributed by atoms with van der Waals surface area (Å²) in [7, 11) is 0. The van der Waals surface area contributed by atoms with E-state index in [9.17, 15) is 4.79 Å². The first-order chi connectivity index (χ1) is 15.1. The summed E-state index contributed by atoms with van der Waals surface area (Å²) in [6.45, 7) is 4.67. The van der Waals surface area contributed by atoms with Gasteiger partial charge in [0.25, 0.3) is 5.91 Å². The van der Waals surface area contributed by atoms with E-state index >= 15 is 0 Å². The number of benzene rings is 3. The molecule has 0 atom stereocenters. The summed E-state index contributed by atoms with van der Waals surface area (Å²) < 4.78 is 7.58. The summed E-state index contributed by atoms with van der Waals surface area (Å²) in [6, 6.07) is 24.6. The second kappa shape index (κ2) is 9.26. The first-order valence-electron chi connectivity index (χ1n) is 10.2. The molecule has 1 aromatic heterocycles. The molecule has 0 aliphatic carbocycles. The normalized spacial score (nSPS) is 10.8. The fourth-order valence-electron chi connectivity index (χ4n) is 3.20. The third-order valence-electron chi connectivity index (χ3n) is 4.88. The van der Waals surface area contributed by atoms with Gasteiger partial charge in [-0.25, -0.2) is 4.68 Å². The van der Waals surface area contributed by atoms with Crippen molar-refractivity contribution < 1.29 is 9.53 Å². The number of amides is 1. The highest BCUT2D eigenvalue weighted by atomic mass is 16.5. The van der Waals surface area contributed by atoms with Crippen molar-refractivity contribution in [3.8, 4) is 11.4 Å². The molecule has 0 fully saturated rings. The molecule has 1 amide bonds. The molecule has 6 nitrogen and oxygen atoms in total. The van der Waals surface area contributed by atoms with Crippen LogP contribution in [0.3, 0.4) is 0 Å². The molecule has 1 heterocycles. The van der Waals surface area contributed by atoms with Gasteiger partial charge in [0, 0.05) is 11.3 Å². The molecule has 4 rings (SSSR count). The minimum absolute atomic E-state index is 0.186. The Labute approximate surface area is 181 Å². The molecule has 1 N–H and O–H groups in total. The molecule has 0 bridgehead atoms. The van der Waals surface area contributed by atoms with Crippen LogP contribution in [0.5, 0.6) is 5.75 Å². The Morgan fingerprint density at radius 1 is 1.00 bits per heavy atom. The van der Waals surface area contributed by atoms with Crippen molar-refractivity contribution in [1.82, 2.24) is 15.0 Å². The van der Waals surface area contributed by atoms with Crippen LogP contribution in [-0.4, -0.2) is 20.9 Å². The zero-order valence-corrected chi connectivity index (χ0v) is 17.5. The summed E-state index contributed by atoms with van der Waals surface area (Å²) in [5.74, 6) is 0.820. The highest BCUT2D eigenvalue weighted by Gasteiger charge is 2.11. The molecule has 156 valence electrons. The van der Waals surface area contributed by atoms with Crippen molar-refractivity contribution in [1.29, 1.82) is 0 Å². The first kappa shape index (κ1) is 20.3. The van der Waals surface area contributed by atoms with Gasteiger partial charge in [0.05, 0.1) is 17.6 Å². The van der Waals surface area contributed by atoms with Gasteiger partial charge in [-0.3, -0.25) is 4.79 Å². The van der Waals surface area contributed by atoms with Crippen molar-refractivity contribution >= 4 is 11.6 Å². The van der Waals surface area contributed by atoms with E-state index in [0.717, 1.165) is 22.7 Å². The molecular formula is C25H24N4O2. The lowest BCUT2D eigenvalue weighted by Gasteiger charge is -2.11. The number of nitrogens with one attached hydrogen (secondary N) is 1. The topological polar surface area (TPSA) is 69.0 Å². The van der Waals surface area contributed by atoms with Crippen LogP contribution in [0, 0.1) is 0 Å². The zero-order valence-electron chi connectivity index (χ0n) is 17.5. The van der Waals surface area contributed by atoms with Crippen LogP contribution < -0.4 is 10.1 Å². The minimum Gasteiger partial charge on any atom is -0.489 e. The molecule has 0 unspecified atom stereocenters. The Kier molecular flexibility index (Phi) is 6.08. The Morgan fingerprint density at radius 2 is 1.77 bits per heavy atom. The van der Waals surface area contributed by atoms with Crippen molar-refractivity contribution in [2.24, 2.45) is 0 Å². The van der Waals surface area contributed by atoms with Crippen molar-refractivity contribution in [3.63, 3.8) is 0 Å². The SMILES string of the molecule is CC(C)c1cnnn1-c1cccc(NC(=O)c2ccc(OCc3ccccc3)cc2)c1. The third kappa shape index (κ3) is 4.98. The molecule has 0 radical (unpaired) electrons. The predicted molar refractivity (Wildman–Crippen MR) is 121 cm³/mol. The lowest BCUT2D eigenvalue weighted by Crippen LogP contribution is -2.12. The quantitative estimate of drug-likeness (QED) is 0.452. The maximum absolute atomic E-state index is 12.7. The molecule has 0 aliphatic rings. The number of anilines is 1. The maximum Gasteiger partial charge on any atom is 0.255 e. The molecule has 0 saturated heterocycles. The Balaban J connectivity index is 1.42. The van der Waals surface area contributed by atoms with Crippen LogP contribution in [0.4, 0.5) is 5.69 Å². The molecule has 4 aromatic rings. The Morgan fingerprint density at radius 3 is 2.52 bits per heavy atom. The molecule has 3 aromatic carbocycles. The fourth-order valence-corrected chi connectivity index (χ4v) is 3.20. The number of carbonyl (C=O) groups excluding carboxylic acids is 1. The summed E-state index contributed by atoms with van der Waals surface area (Å²) >= 11 is 0. The highest BCUT2D eigenvalue weighted by molar-refractivity contribution is 6.04. The van der Waals surface area contributed by atoms with Gasteiger partial charge in [0.2, 0.25) is 0 Å². The summed E-state index contributed by atoms with van der Waals surface area (Å²) in [5, 5.41) is 11.1. The third-order valence-corrected chi connectivity index (χ3v) is 4.88. The molecule has 31 heavy (non-hydrogen) atoms. The van der Waals surface area contributed by atoms with Gasteiger partial charge in [-0.1, -0.05) is 55.5 Å². The van der Waals surface area contributed by atoms with Crippen LogP contribution in [0.15, 0.2) is 85.1 Å². The van der Waals surface area contributed by atoms with Gasteiger partial charge in [-0.05, 0) is 53.9 Å². The van der Waals surface area contributed by atoms with E-state index in [1.54, 1.807) is 35.1 Å². The fraction of sp³-hybridized carbons (Fsp3) is 0.160. The smallest absolute Gasteiger partial charge is 0.255 e. The standard InChI is InChI=1S/C25H24N4O2/c1-18(2)24-16-26-28-29(24)22-10-6-9-21(15-22)27-25(30)20-11-13-23(14-12-20)31-17-19-7-4-3-5-8-19/h3-16,18H,17H2,1-2H3,(H,27,30). The van der Waals surface area contributed by atoms with Crippen LogP contribution in [0.1, 0.15) is 41.4 Å². The summed E-state index contributed by atoms with van der Waals surface area (Å²) in [5.41, 5.74) is 4.20. The number of aromatic nitrogens is 3.